The molecule has 0 spiro atoms. The van der Waals surface area contributed by atoms with Gasteiger partial charge in [-0.3, -0.25) is 0 Å². The molecule has 1 saturated heterocycles. The lowest BCUT2D eigenvalue weighted by Crippen LogP contribution is -2.45. The van der Waals surface area contributed by atoms with Crippen molar-refractivity contribution in [2.75, 3.05) is 13.1 Å². The van der Waals surface area contributed by atoms with Gasteiger partial charge in [-0.15, -0.1) is 12.4 Å². The minimum atomic E-state index is -0.841. The number of piperidine rings is 1. The minimum absolute atomic E-state index is 0. The van der Waals surface area contributed by atoms with Crippen LogP contribution in [0.3, 0.4) is 0 Å². The lowest BCUT2D eigenvalue weighted by atomic mass is 10.0. The highest BCUT2D eigenvalue weighted by molar-refractivity contribution is 5.85. The second kappa shape index (κ2) is 8.02. The predicted molar refractivity (Wildman–Crippen MR) is 77.8 cm³/mol. The van der Waals surface area contributed by atoms with E-state index in [1.54, 1.807) is 0 Å². The quantitative estimate of drug-likeness (QED) is 0.894. The molecule has 1 amide bonds. The van der Waals surface area contributed by atoms with Crippen LogP contribution in [0.15, 0.2) is 30.3 Å². The number of nitrogens with one attached hydrogen (secondary N) is 1. The van der Waals surface area contributed by atoms with Crippen molar-refractivity contribution in [3.8, 4) is 0 Å². The Labute approximate surface area is 120 Å². The van der Waals surface area contributed by atoms with E-state index in [4.69, 9.17) is 0 Å². The van der Waals surface area contributed by atoms with Crippen LogP contribution in [0.25, 0.3) is 0 Å². The van der Waals surface area contributed by atoms with Crippen molar-refractivity contribution >= 4 is 18.5 Å². The normalized spacial score (nSPS) is 18.4. The van der Waals surface area contributed by atoms with Crippen LogP contribution in [0, 0.1) is 0 Å². The highest BCUT2D eigenvalue weighted by Gasteiger charge is 2.19. The first-order chi connectivity index (χ1) is 8.75. The second-order valence-corrected chi connectivity index (χ2v) is 4.80. The molecule has 2 N–H and O–H groups in total. The predicted octanol–water partition coefficient (Wildman–Crippen LogP) is 2.73. The Balaban J connectivity index is 0.00000180. The molecule has 2 rings (SSSR count). The number of benzene rings is 1. The molecular formula is C14H21ClN2O2. The molecule has 0 aromatic heterocycles. The molecule has 5 heteroatoms. The number of halogens is 1. The van der Waals surface area contributed by atoms with Gasteiger partial charge in [0.1, 0.15) is 0 Å². The van der Waals surface area contributed by atoms with Gasteiger partial charge >= 0.3 is 6.09 Å². The fraction of sp³-hybridized carbons (Fsp3) is 0.500. The topological polar surface area (TPSA) is 52.6 Å². The standard InChI is InChI=1S/C14H20N2O2.ClH/c17-14(18)16(10-12-6-2-1-3-7-12)11-13-8-4-5-9-15-13;/h1-3,6-7,13,15H,4-5,8-11H2,(H,17,18);1H/t13-;/m1./s1. The summed E-state index contributed by atoms with van der Waals surface area (Å²) in [5.74, 6) is 0. The van der Waals surface area contributed by atoms with E-state index in [-0.39, 0.29) is 12.4 Å². The van der Waals surface area contributed by atoms with E-state index in [0.717, 1.165) is 18.5 Å². The Bertz CT molecular complexity index is 380. The van der Waals surface area contributed by atoms with Crippen LogP contribution in [0.4, 0.5) is 4.79 Å². The summed E-state index contributed by atoms with van der Waals surface area (Å²) >= 11 is 0. The fourth-order valence-corrected chi connectivity index (χ4v) is 2.36. The van der Waals surface area contributed by atoms with E-state index in [1.807, 2.05) is 30.3 Å². The summed E-state index contributed by atoms with van der Waals surface area (Å²) in [6.07, 6.45) is 2.61. The maximum Gasteiger partial charge on any atom is 0.407 e. The largest absolute Gasteiger partial charge is 0.465 e. The zero-order valence-corrected chi connectivity index (χ0v) is 11.7. The van der Waals surface area contributed by atoms with E-state index in [1.165, 1.54) is 17.7 Å². The number of amides is 1. The lowest BCUT2D eigenvalue weighted by Gasteiger charge is -2.29. The molecule has 0 aliphatic carbocycles. The van der Waals surface area contributed by atoms with Crippen molar-refractivity contribution in [2.24, 2.45) is 0 Å². The third-order valence-corrected chi connectivity index (χ3v) is 3.34. The van der Waals surface area contributed by atoms with Gasteiger partial charge < -0.3 is 15.3 Å². The van der Waals surface area contributed by atoms with Crippen LogP contribution >= 0.6 is 12.4 Å². The molecule has 1 aliphatic heterocycles. The fourth-order valence-electron chi connectivity index (χ4n) is 2.36. The van der Waals surface area contributed by atoms with Gasteiger partial charge in [0.05, 0.1) is 0 Å². The molecule has 0 saturated carbocycles. The summed E-state index contributed by atoms with van der Waals surface area (Å²) < 4.78 is 0. The summed E-state index contributed by atoms with van der Waals surface area (Å²) in [5, 5.41) is 12.6. The van der Waals surface area contributed by atoms with Crippen molar-refractivity contribution in [2.45, 2.75) is 31.8 Å². The van der Waals surface area contributed by atoms with Crippen LogP contribution in [0.2, 0.25) is 0 Å². The highest BCUT2D eigenvalue weighted by Crippen LogP contribution is 2.11. The molecule has 1 heterocycles. The number of hydrogen-bond donors (Lipinski definition) is 2. The number of nitrogens with zero attached hydrogens (tertiary/aromatic N) is 1. The van der Waals surface area contributed by atoms with E-state index < -0.39 is 6.09 Å². The van der Waals surface area contributed by atoms with Gasteiger partial charge in [0.15, 0.2) is 0 Å². The summed E-state index contributed by atoms with van der Waals surface area (Å²) in [4.78, 5) is 12.8. The molecule has 4 nitrogen and oxygen atoms in total. The average molecular weight is 285 g/mol. The first-order valence-electron chi connectivity index (χ1n) is 6.51. The Hall–Kier alpha value is -1.26. The molecular weight excluding hydrogens is 264 g/mol. The zero-order valence-electron chi connectivity index (χ0n) is 10.9. The summed E-state index contributed by atoms with van der Waals surface area (Å²) in [6, 6.07) is 10.0. The second-order valence-electron chi connectivity index (χ2n) is 4.80. The van der Waals surface area contributed by atoms with Gasteiger partial charge in [-0.05, 0) is 24.9 Å². The number of carbonyl (C=O) groups is 1. The Morgan fingerprint density at radius 3 is 2.63 bits per heavy atom. The number of carboxylic acid groups (broad SMARTS) is 1. The molecule has 1 aromatic rings. The van der Waals surface area contributed by atoms with Crippen LogP contribution < -0.4 is 5.32 Å². The van der Waals surface area contributed by atoms with Crippen LogP contribution in [-0.4, -0.2) is 35.2 Å². The monoisotopic (exact) mass is 284 g/mol. The number of rotatable bonds is 4. The minimum Gasteiger partial charge on any atom is -0.465 e. The molecule has 1 aromatic carbocycles. The van der Waals surface area contributed by atoms with E-state index in [9.17, 15) is 9.90 Å². The van der Waals surface area contributed by atoms with Gasteiger partial charge in [0.2, 0.25) is 0 Å². The maximum absolute atomic E-state index is 11.3. The van der Waals surface area contributed by atoms with E-state index >= 15 is 0 Å². The summed E-state index contributed by atoms with van der Waals surface area (Å²) in [6.45, 7) is 2.04. The Kier molecular flexibility index (Phi) is 6.67. The zero-order chi connectivity index (χ0) is 12.8. The smallest absolute Gasteiger partial charge is 0.407 e. The third-order valence-electron chi connectivity index (χ3n) is 3.34. The van der Waals surface area contributed by atoms with Gasteiger partial charge in [0.25, 0.3) is 0 Å². The van der Waals surface area contributed by atoms with Gasteiger partial charge in [-0.1, -0.05) is 36.8 Å². The molecule has 0 radical (unpaired) electrons. The molecule has 0 unspecified atom stereocenters. The third kappa shape index (κ3) is 5.09. The summed E-state index contributed by atoms with van der Waals surface area (Å²) in [5.41, 5.74) is 1.04. The van der Waals surface area contributed by atoms with Gasteiger partial charge in [0, 0.05) is 19.1 Å². The van der Waals surface area contributed by atoms with E-state index in [2.05, 4.69) is 5.32 Å². The molecule has 106 valence electrons. The Morgan fingerprint density at radius 2 is 2.05 bits per heavy atom. The number of hydrogen-bond acceptors (Lipinski definition) is 2. The van der Waals surface area contributed by atoms with Gasteiger partial charge in [-0.2, -0.15) is 0 Å². The molecule has 19 heavy (non-hydrogen) atoms. The van der Waals surface area contributed by atoms with Crippen molar-refractivity contribution < 1.29 is 9.90 Å². The van der Waals surface area contributed by atoms with Crippen LogP contribution in [0.5, 0.6) is 0 Å². The van der Waals surface area contributed by atoms with Crippen LogP contribution in [-0.2, 0) is 6.54 Å². The van der Waals surface area contributed by atoms with Crippen LogP contribution in [0.1, 0.15) is 24.8 Å². The Morgan fingerprint density at radius 1 is 1.32 bits per heavy atom. The van der Waals surface area contributed by atoms with Crippen molar-refractivity contribution in [3.63, 3.8) is 0 Å². The molecule has 1 atom stereocenters. The average Bonchev–Trinajstić information content (AvgIpc) is 2.40. The highest BCUT2D eigenvalue weighted by atomic mass is 35.5. The van der Waals surface area contributed by atoms with E-state index in [0.29, 0.717) is 19.1 Å². The molecule has 0 bridgehead atoms. The SMILES string of the molecule is Cl.O=C(O)N(Cc1ccccc1)C[C@H]1CCCCN1. The molecule has 1 aliphatic rings. The first-order valence-corrected chi connectivity index (χ1v) is 6.51. The van der Waals surface area contributed by atoms with Gasteiger partial charge in [-0.25, -0.2) is 4.79 Å². The lowest BCUT2D eigenvalue weighted by molar-refractivity contribution is 0.134. The van der Waals surface area contributed by atoms with Crippen molar-refractivity contribution in [3.05, 3.63) is 35.9 Å². The van der Waals surface area contributed by atoms with Crippen molar-refractivity contribution in [1.82, 2.24) is 10.2 Å². The maximum atomic E-state index is 11.3. The van der Waals surface area contributed by atoms with Crippen molar-refractivity contribution in [1.29, 1.82) is 0 Å². The summed E-state index contributed by atoms with van der Waals surface area (Å²) in [7, 11) is 0. The molecule has 1 fully saturated rings. The first kappa shape index (κ1) is 15.8.